The van der Waals surface area contributed by atoms with E-state index in [9.17, 15) is 4.79 Å². The van der Waals surface area contributed by atoms with Gasteiger partial charge in [0, 0.05) is 29.4 Å². The summed E-state index contributed by atoms with van der Waals surface area (Å²) in [5.41, 5.74) is 5.09. The maximum absolute atomic E-state index is 10.9. The van der Waals surface area contributed by atoms with Crippen LogP contribution in [-0.2, 0) is 4.79 Å². The molecule has 0 aliphatic carbocycles. The van der Waals surface area contributed by atoms with Gasteiger partial charge in [0.2, 0.25) is 0 Å². The molecular formula is C7H15IN4O. The quantitative estimate of drug-likeness (QED) is 0.185. The molecule has 76 valence electrons. The maximum atomic E-state index is 10.9. The monoisotopic (exact) mass is 298 g/mol. The van der Waals surface area contributed by atoms with Gasteiger partial charge in [0.15, 0.2) is 5.96 Å². The van der Waals surface area contributed by atoms with Crippen molar-refractivity contribution in [2.45, 2.75) is 25.8 Å². The number of guanidine groups is 1. The van der Waals surface area contributed by atoms with E-state index in [0.717, 1.165) is 12.8 Å². The molecule has 5 N–H and O–H groups in total. The van der Waals surface area contributed by atoms with Crippen molar-refractivity contribution in [3.63, 3.8) is 0 Å². The van der Waals surface area contributed by atoms with Crippen molar-refractivity contribution in [2.75, 3.05) is 6.54 Å². The van der Waals surface area contributed by atoms with Gasteiger partial charge >= 0.3 is 0 Å². The Morgan fingerprint density at radius 3 is 2.69 bits per heavy atom. The van der Waals surface area contributed by atoms with Crippen LogP contribution in [0.15, 0.2) is 0 Å². The van der Waals surface area contributed by atoms with Gasteiger partial charge in [0.05, 0.1) is 6.04 Å². The average molecular weight is 298 g/mol. The molecule has 0 aromatic heterocycles. The summed E-state index contributed by atoms with van der Waals surface area (Å²) < 4.78 is 2.90. The smallest absolute Gasteiger partial charge is 0.185 e. The van der Waals surface area contributed by atoms with Crippen molar-refractivity contribution in [2.24, 2.45) is 5.73 Å². The molecule has 0 aliphatic heterocycles. The van der Waals surface area contributed by atoms with Gasteiger partial charge in [-0.3, -0.25) is 13.7 Å². The molecule has 1 atom stereocenters. The second kappa shape index (κ2) is 7.07. The highest BCUT2D eigenvalue weighted by Gasteiger charge is 2.10. The fourth-order valence-corrected chi connectivity index (χ4v) is 1.61. The number of nitrogens with two attached hydrogens (primary N) is 1. The lowest BCUT2D eigenvalue weighted by molar-refractivity contribution is -0.118. The van der Waals surface area contributed by atoms with Crippen molar-refractivity contribution in [3.05, 3.63) is 0 Å². The number of halogens is 1. The fourth-order valence-electron chi connectivity index (χ4n) is 0.864. The second-order valence-electron chi connectivity index (χ2n) is 2.76. The van der Waals surface area contributed by atoms with Crippen LogP contribution in [0.1, 0.15) is 19.8 Å². The number of hydrogen-bond acceptors (Lipinski definition) is 3. The number of hydrogen-bond donors (Lipinski definition) is 4. The highest BCUT2D eigenvalue weighted by Crippen LogP contribution is 1.99. The zero-order valence-electron chi connectivity index (χ0n) is 7.56. The van der Waals surface area contributed by atoms with Crippen LogP contribution in [-0.4, -0.2) is 24.3 Å². The van der Waals surface area contributed by atoms with Crippen LogP contribution in [0.4, 0.5) is 0 Å². The van der Waals surface area contributed by atoms with Gasteiger partial charge in [0.1, 0.15) is 5.78 Å². The molecule has 0 saturated heterocycles. The summed E-state index contributed by atoms with van der Waals surface area (Å²) in [4.78, 5) is 10.9. The molecular weight excluding hydrogens is 283 g/mol. The van der Waals surface area contributed by atoms with Crippen LogP contribution in [0.5, 0.6) is 0 Å². The summed E-state index contributed by atoms with van der Waals surface area (Å²) >= 11 is 1.97. The van der Waals surface area contributed by atoms with Crippen molar-refractivity contribution in [3.8, 4) is 0 Å². The van der Waals surface area contributed by atoms with Gasteiger partial charge in [-0.2, -0.15) is 0 Å². The van der Waals surface area contributed by atoms with Crippen LogP contribution >= 0.6 is 22.9 Å². The van der Waals surface area contributed by atoms with Crippen molar-refractivity contribution < 1.29 is 4.79 Å². The van der Waals surface area contributed by atoms with E-state index in [0.29, 0.717) is 6.54 Å². The van der Waals surface area contributed by atoms with Gasteiger partial charge in [-0.1, -0.05) is 0 Å². The minimum absolute atomic E-state index is 0.0261. The summed E-state index contributed by atoms with van der Waals surface area (Å²) in [5, 5.41) is 9.58. The fraction of sp³-hybridized carbons (Fsp3) is 0.714. The Morgan fingerprint density at radius 2 is 2.31 bits per heavy atom. The Kier molecular flexibility index (Phi) is 6.87. The van der Waals surface area contributed by atoms with Gasteiger partial charge < -0.3 is 11.1 Å². The Balaban J connectivity index is 3.50. The van der Waals surface area contributed by atoms with Gasteiger partial charge in [0.25, 0.3) is 0 Å². The molecule has 0 aromatic rings. The largest absolute Gasteiger partial charge is 0.370 e. The highest BCUT2D eigenvalue weighted by atomic mass is 127. The topological polar surface area (TPSA) is 91.0 Å². The van der Waals surface area contributed by atoms with Gasteiger partial charge in [-0.25, -0.2) is 0 Å². The van der Waals surface area contributed by atoms with E-state index in [1.807, 2.05) is 22.9 Å². The first-order valence-electron chi connectivity index (χ1n) is 4.02. The van der Waals surface area contributed by atoms with E-state index in [2.05, 4.69) is 8.85 Å². The van der Waals surface area contributed by atoms with Crippen LogP contribution in [0, 0.1) is 5.41 Å². The molecule has 0 saturated carbocycles. The summed E-state index contributed by atoms with van der Waals surface area (Å²) in [7, 11) is 0. The third kappa shape index (κ3) is 6.76. The average Bonchev–Trinajstić information content (AvgIpc) is 2.03. The number of ketones is 1. The minimum atomic E-state index is -0.0886. The molecule has 13 heavy (non-hydrogen) atoms. The predicted molar refractivity (Wildman–Crippen MR) is 60.8 cm³/mol. The molecule has 5 nitrogen and oxygen atoms in total. The lowest BCUT2D eigenvalue weighted by atomic mass is 10.1. The van der Waals surface area contributed by atoms with Crippen molar-refractivity contribution >= 4 is 34.6 Å². The zero-order valence-corrected chi connectivity index (χ0v) is 9.72. The number of rotatable bonds is 6. The number of carbonyl (C=O) groups excluding carboxylic acids is 1. The van der Waals surface area contributed by atoms with E-state index in [4.69, 9.17) is 11.1 Å². The molecule has 0 amide bonds. The van der Waals surface area contributed by atoms with E-state index < -0.39 is 0 Å². The third-order valence-electron chi connectivity index (χ3n) is 1.61. The first-order chi connectivity index (χ1) is 6.07. The van der Waals surface area contributed by atoms with Gasteiger partial charge in [-0.05, 0) is 19.8 Å². The lowest BCUT2D eigenvalue weighted by Gasteiger charge is -2.11. The van der Waals surface area contributed by atoms with Gasteiger partial charge in [-0.15, -0.1) is 0 Å². The van der Waals surface area contributed by atoms with Crippen LogP contribution in [0.25, 0.3) is 0 Å². The molecule has 0 rings (SSSR count). The third-order valence-corrected chi connectivity index (χ3v) is 2.36. The number of nitrogens with one attached hydrogen (secondary N) is 3. The Labute approximate surface area is 91.8 Å². The van der Waals surface area contributed by atoms with E-state index in [1.165, 1.54) is 0 Å². The summed E-state index contributed by atoms with van der Waals surface area (Å²) in [6.45, 7) is 2.20. The molecule has 0 heterocycles. The summed E-state index contributed by atoms with van der Waals surface area (Å²) in [6.07, 6.45) is 1.58. The molecule has 1 unspecified atom stereocenters. The highest BCUT2D eigenvalue weighted by molar-refractivity contribution is 14.1. The number of Topliss-reactive ketones (excluding diaryl/α,β-unsaturated/α-hetero) is 1. The standard InChI is InChI=1S/C7H15IN4O/c1-5(13)6(12-8)3-2-4-11-7(9)10/h6,12H,2-4H2,1H3,(H4,9,10,11). The molecule has 0 aromatic carbocycles. The molecule has 0 aliphatic rings. The predicted octanol–water partition coefficient (Wildman–Crippen LogP) is 0.147. The molecule has 6 heteroatoms. The first kappa shape index (κ1) is 12.6. The maximum Gasteiger partial charge on any atom is 0.185 e. The van der Waals surface area contributed by atoms with Crippen LogP contribution in [0.2, 0.25) is 0 Å². The Bertz CT molecular complexity index is 185. The summed E-state index contributed by atoms with van der Waals surface area (Å²) in [5.74, 6) is 0.110. The van der Waals surface area contributed by atoms with Crippen LogP contribution in [0.3, 0.4) is 0 Å². The van der Waals surface area contributed by atoms with Crippen molar-refractivity contribution in [1.29, 1.82) is 5.41 Å². The zero-order chi connectivity index (χ0) is 10.3. The SMILES string of the molecule is CC(=O)C(CCCNC(=N)N)NI. The van der Waals surface area contributed by atoms with Crippen molar-refractivity contribution in [1.82, 2.24) is 8.85 Å². The molecule has 0 bridgehead atoms. The van der Waals surface area contributed by atoms with E-state index in [-0.39, 0.29) is 17.8 Å². The molecule has 0 spiro atoms. The van der Waals surface area contributed by atoms with E-state index in [1.54, 1.807) is 6.92 Å². The molecule has 0 fully saturated rings. The Hall–Kier alpha value is -0.370. The van der Waals surface area contributed by atoms with Crippen LogP contribution < -0.4 is 14.6 Å². The van der Waals surface area contributed by atoms with E-state index >= 15 is 0 Å². The normalized spacial score (nSPS) is 12.2. The number of carbonyl (C=O) groups is 1. The summed E-state index contributed by atoms with van der Waals surface area (Å²) in [6, 6.07) is -0.0886. The Morgan fingerprint density at radius 1 is 1.69 bits per heavy atom. The second-order valence-corrected chi connectivity index (χ2v) is 3.38. The minimum Gasteiger partial charge on any atom is -0.370 e. The lowest BCUT2D eigenvalue weighted by Crippen LogP contribution is -2.33. The first-order valence-corrected chi connectivity index (χ1v) is 5.10. The molecule has 0 radical (unpaired) electrons.